The molecule has 0 radical (unpaired) electrons. The summed E-state index contributed by atoms with van der Waals surface area (Å²) < 4.78 is 7.08. The van der Waals surface area contributed by atoms with Gasteiger partial charge in [-0.25, -0.2) is 0 Å². The van der Waals surface area contributed by atoms with E-state index in [1.807, 2.05) is 31.3 Å². The van der Waals surface area contributed by atoms with Crippen LogP contribution in [0, 0.1) is 0 Å². The van der Waals surface area contributed by atoms with Crippen LogP contribution >= 0.6 is 0 Å². The molecule has 20 heavy (non-hydrogen) atoms. The fourth-order valence-electron chi connectivity index (χ4n) is 2.66. The van der Waals surface area contributed by atoms with E-state index in [2.05, 4.69) is 15.7 Å². The van der Waals surface area contributed by atoms with Crippen LogP contribution in [0.3, 0.4) is 0 Å². The van der Waals surface area contributed by atoms with Crippen molar-refractivity contribution < 1.29 is 9.53 Å². The Morgan fingerprint density at radius 3 is 3.05 bits per heavy atom. The van der Waals surface area contributed by atoms with E-state index in [0.717, 1.165) is 24.0 Å². The standard InChI is InChI=1S/C14H18N4O2/c1-18-11-6-4-3-5-9(11)13(17-18)14(19)16-10-7-15-8-12(10)20-2/h3-6,10,12,15H,7-8H2,1-2H3,(H,16,19)/t10?,12-/m0/s1. The van der Waals surface area contributed by atoms with E-state index >= 15 is 0 Å². The number of nitrogens with zero attached hydrogens (tertiary/aromatic N) is 2. The van der Waals surface area contributed by atoms with Crippen LogP contribution in [0.4, 0.5) is 0 Å². The summed E-state index contributed by atoms with van der Waals surface area (Å²) in [6.07, 6.45) is 0.00827. The lowest BCUT2D eigenvalue weighted by Gasteiger charge is -2.17. The molecule has 2 atom stereocenters. The van der Waals surface area contributed by atoms with Crippen molar-refractivity contribution in [3.05, 3.63) is 30.0 Å². The summed E-state index contributed by atoms with van der Waals surface area (Å²) in [7, 11) is 3.50. The minimum atomic E-state index is -0.155. The number of benzene rings is 1. The second-order valence-electron chi connectivity index (χ2n) is 5.00. The van der Waals surface area contributed by atoms with Crippen molar-refractivity contribution in [3.8, 4) is 0 Å². The first-order valence-corrected chi connectivity index (χ1v) is 6.67. The molecule has 2 heterocycles. The molecule has 1 unspecified atom stereocenters. The molecule has 1 aliphatic heterocycles. The normalized spacial score (nSPS) is 22.3. The average molecular weight is 274 g/mol. The number of para-hydroxylation sites is 1. The number of carbonyl (C=O) groups excluding carboxylic acids is 1. The minimum absolute atomic E-state index is 0.00827. The molecule has 1 aliphatic rings. The molecular weight excluding hydrogens is 256 g/mol. The van der Waals surface area contributed by atoms with Crippen LogP contribution in [-0.4, -0.2) is 48.0 Å². The zero-order valence-electron chi connectivity index (χ0n) is 11.6. The Labute approximate surface area is 117 Å². The monoisotopic (exact) mass is 274 g/mol. The van der Waals surface area contributed by atoms with E-state index in [4.69, 9.17) is 4.74 Å². The summed E-state index contributed by atoms with van der Waals surface area (Å²) in [5.74, 6) is -0.155. The van der Waals surface area contributed by atoms with Gasteiger partial charge in [0, 0.05) is 32.6 Å². The van der Waals surface area contributed by atoms with E-state index < -0.39 is 0 Å². The maximum absolute atomic E-state index is 12.4. The van der Waals surface area contributed by atoms with E-state index in [1.165, 1.54) is 0 Å². The highest BCUT2D eigenvalue weighted by molar-refractivity contribution is 6.04. The van der Waals surface area contributed by atoms with Gasteiger partial charge in [-0.05, 0) is 6.07 Å². The Morgan fingerprint density at radius 1 is 1.45 bits per heavy atom. The van der Waals surface area contributed by atoms with Crippen LogP contribution in [0.2, 0.25) is 0 Å². The summed E-state index contributed by atoms with van der Waals surface area (Å²) in [6, 6.07) is 7.70. The highest BCUT2D eigenvalue weighted by Crippen LogP contribution is 2.17. The molecular formula is C14H18N4O2. The Bertz CT molecular complexity index is 637. The first-order chi connectivity index (χ1) is 9.70. The number of ether oxygens (including phenoxy) is 1. The topological polar surface area (TPSA) is 68.2 Å². The molecule has 2 aromatic rings. The van der Waals surface area contributed by atoms with Crippen LogP contribution in [0.15, 0.2) is 24.3 Å². The van der Waals surface area contributed by atoms with Gasteiger partial charge in [-0.3, -0.25) is 9.48 Å². The molecule has 1 aromatic carbocycles. The Morgan fingerprint density at radius 2 is 2.25 bits per heavy atom. The number of nitrogens with one attached hydrogen (secondary N) is 2. The smallest absolute Gasteiger partial charge is 0.272 e. The number of fused-ring (bicyclic) bond motifs is 1. The number of amides is 1. The second kappa shape index (κ2) is 5.22. The van der Waals surface area contributed by atoms with Gasteiger partial charge in [0.05, 0.1) is 17.7 Å². The van der Waals surface area contributed by atoms with Crippen molar-refractivity contribution >= 4 is 16.8 Å². The molecule has 6 nitrogen and oxygen atoms in total. The van der Waals surface area contributed by atoms with Crippen molar-refractivity contribution in [1.29, 1.82) is 0 Å². The molecule has 1 fully saturated rings. The molecule has 106 valence electrons. The predicted molar refractivity (Wildman–Crippen MR) is 75.6 cm³/mol. The quantitative estimate of drug-likeness (QED) is 0.844. The van der Waals surface area contributed by atoms with E-state index in [0.29, 0.717) is 5.69 Å². The number of aryl methyl sites for hydroxylation is 1. The van der Waals surface area contributed by atoms with Crippen LogP contribution in [0.5, 0.6) is 0 Å². The van der Waals surface area contributed by atoms with Gasteiger partial charge in [-0.15, -0.1) is 0 Å². The molecule has 0 saturated carbocycles. The van der Waals surface area contributed by atoms with Crippen LogP contribution in [0.25, 0.3) is 10.9 Å². The van der Waals surface area contributed by atoms with Gasteiger partial charge in [0.2, 0.25) is 0 Å². The fourth-order valence-corrected chi connectivity index (χ4v) is 2.66. The summed E-state index contributed by atoms with van der Waals surface area (Å²) in [4.78, 5) is 12.4. The van der Waals surface area contributed by atoms with Gasteiger partial charge in [-0.2, -0.15) is 5.10 Å². The van der Waals surface area contributed by atoms with Gasteiger partial charge >= 0.3 is 0 Å². The largest absolute Gasteiger partial charge is 0.378 e. The number of rotatable bonds is 3. The second-order valence-corrected chi connectivity index (χ2v) is 5.00. The van der Waals surface area contributed by atoms with E-state index in [-0.39, 0.29) is 18.1 Å². The third kappa shape index (κ3) is 2.17. The van der Waals surface area contributed by atoms with Crippen molar-refractivity contribution in [2.75, 3.05) is 20.2 Å². The van der Waals surface area contributed by atoms with E-state index in [9.17, 15) is 4.79 Å². The molecule has 0 spiro atoms. The lowest BCUT2D eigenvalue weighted by molar-refractivity contribution is 0.0777. The summed E-state index contributed by atoms with van der Waals surface area (Å²) in [5.41, 5.74) is 1.41. The molecule has 2 N–H and O–H groups in total. The van der Waals surface area contributed by atoms with Crippen LogP contribution < -0.4 is 10.6 Å². The molecule has 6 heteroatoms. The summed E-state index contributed by atoms with van der Waals surface area (Å²) >= 11 is 0. The third-order valence-electron chi connectivity index (χ3n) is 3.75. The molecule has 1 amide bonds. The number of hydrogen-bond acceptors (Lipinski definition) is 4. The van der Waals surface area contributed by atoms with Gasteiger partial charge in [-0.1, -0.05) is 18.2 Å². The van der Waals surface area contributed by atoms with E-state index in [1.54, 1.807) is 11.8 Å². The SMILES string of the molecule is CO[C@H]1CNCC1NC(=O)c1nn(C)c2ccccc12. The number of aromatic nitrogens is 2. The minimum Gasteiger partial charge on any atom is -0.378 e. The van der Waals surface area contributed by atoms with Crippen molar-refractivity contribution in [1.82, 2.24) is 20.4 Å². The van der Waals surface area contributed by atoms with Crippen LogP contribution in [0.1, 0.15) is 10.5 Å². The van der Waals surface area contributed by atoms with Crippen molar-refractivity contribution in [3.63, 3.8) is 0 Å². The predicted octanol–water partition coefficient (Wildman–Crippen LogP) is 0.290. The summed E-state index contributed by atoms with van der Waals surface area (Å²) in [6.45, 7) is 1.47. The molecule has 0 aliphatic carbocycles. The molecule has 3 rings (SSSR count). The highest BCUT2D eigenvalue weighted by atomic mass is 16.5. The lowest BCUT2D eigenvalue weighted by Crippen LogP contribution is -2.43. The number of methoxy groups -OCH3 is 1. The lowest BCUT2D eigenvalue weighted by atomic mass is 10.1. The zero-order valence-corrected chi connectivity index (χ0v) is 11.6. The Kier molecular flexibility index (Phi) is 3.42. The fraction of sp³-hybridized carbons (Fsp3) is 0.429. The number of carbonyl (C=O) groups is 1. The van der Waals surface area contributed by atoms with Gasteiger partial charge in [0.15, 0.2) is 5.69 Å². The van der Waals surface area contributed by atoms with Gasteiger partial charge in [0.25, 0.3) is 5.91 Å². The maximum atomic E-state index is 12.4. The van der Waals surface area contributed by atoms with Crippen molar-refractivity contribution in [2.24, 2.45) is 7.05 Å². The first-order valence-electron chi connectivity index (χ1n) is 6.67. The Hall–Kier alpha value is -1.92. The third-order valence-corrected chi connectivity index (χ3v) is 3.75. The van der Waals surface area contributed by atoms with Gasteiger partial charge < -0.3 is 15.4 Å². The molecule has 1 aromatic heterocycles. The van der Waals surface area contributed by atoms with Gasteiger partial charge in [0.1, 0.15) is 0 Å². The van der Waals surface area contributed by atoms with Crippen molar-refractivity contribution in [2.45, 2.75) is 12.1 Å². The maximum Gasteiger partial charge on any atom is 0.272 e. The summed E-state index contributed by atoms with van der Waals surface area (Å²) in [5, 5.41) is 11.4. The molecule has 1 saturated heterocycles. The average Bonchev–Trinajstić information content (AvgIpc) is 3.04. The molecule has 0 bridgehead atoms. The highest BCUT2D eigenvalue weighted by Gasteiger charge is 2.29. The van der Waals surface area contributed by atoms with Crippen LogP contribution in [-0.2, 0) is 11.8 Å². The Balaban J connectivity index is 1.86. The zero-order chi connectivity index (χ0) is 14.1. The first kappa shape index (κ1) is 13.1. The number of hydrogen-bond donors (Lipinski definition) is 2.